The van der Waals surface area contributed by atoms with Crippen LogP contribution in [0.5, 0.6) is 0 Å². The Morgan fingerprint density at radius 1 is 1.10 bits per heavy atom. The Labute approximate surface area is 118 Å². The van der Waals surface area contributed by atoms with E-state index in [0.717, 1.165) is 5.56 Å². The van der Waals surface area contributed by atoms with E-state index in [1.165, 1.54) is 23.8 Å². The van der Waals surface area contributed by atoms with Gasteiger partial charge < -0.3 is 5.32 Å². The van der Waals surface area contributed by atoms with Crippen molar-refractivity contribution in [3.8, 4) is 0 Å². The molecule has 0 radical (unpaired) electrons. The van der Waals surface area contributed by atoms with Crippen molar-refractivity contribution in [3.63, 3.8) is 0 Å². The largest absolute Gasteiger partial charge is 0.322 e. The zero-order valence-corrected chi connectivity index (χ0v) is 11.5. The van der Waals surface area contributed by atoms with E-state index >= 15 is 0 Å². The summed E-state index contributed by atoms with van der Waals surface area (Å²) in [6, 6.07) is 12.1. The molecule has 0 bridgehead atoms. The van der Waals surface area contributed by atoms with Gasteiger partial charge in [-0.2, -0.15) is 0 Å². The van der Waals surface area contributed by atoms with E-state index in [1.807, 2.05) is 31.2 Å². The van der Waals surface area contributed by atoms with Gasteiger partial charge in [0.05, 0.1) is 0 Å². The molecule has 2 aromatic carbocycles. The number of benzene rings is 2. The number of rotatable bonds is 3. The number of hydrogen-bond donors (Lipinski definition) is 1. The van der Waals surface area contributed by atoms with Crippen LogP contribution in [0.15, 0.2) is 48.5 Å². The zero-order valence-electron chi connectivity index (χ0n) is 11.5. The summed E-state index contributed by atoms with van der Waals surface area (Å²) in [7, 11) is 0. The predicted molar refractivity (Wildman–Crippen MR) is 80.0 cm³/mol. The Bertz CT molecular complexity index is 645. The van der Waals surface area contributed by atoms with Crippen LogP contribution in [0, 0.1) is 19.7 Å². The quantitative estimate of drug-likeness (QED) is 0.835. The number of carbonyl (C=O) groups is 1. The highest BCUT2D eigenvalue weighted by atomic mass is 19.1. The van der Waals surface area contributed by atoms with Gasteiger partial charge in [0.15, 0.2) is 0 Å². The molecule has 0 saturated carbocycles. The van der Waals surface area contributed by atoms with Crippen LogP contribution in [0.1, 0.15) is 16.7 Å². The summed E-state index contributed by atoms with van der Waals surface area (Å²) in [5.41, 5.74) is 3.45. The van der Waals surface area contributed by atoms with Crippen LogP contribution in [0.3, 0.4) is 0 Å². The SMILES string of the molecule is Cc1ccc(/C=C/C(=O)Nc2ccc(F)cc2C)cc1. The topological polar surface area (TPSA) is 29.1 Å². The monoisotopic (exact) mass is 269 g/mol. The minimum Gasteiger partial charge on any atom is -0.322 e. The first-order chi connectivity index (χ1) is 9.54. The highest BCUT2D eigenvalue weighted by Gasteiger charge is 2.02. The lowest BCUT2D eigenvalue weighted by atomic mass is 10.1. The average Bonchev–Trinajstić information content (AvgIpc) is 2.41. The number of anilines is 1. The molecule has 2 rings (SSSR count). The number of amides is 1. The molecule has 0 unspecified atom stereocenters. The Morgan fingerprint density at radius 2 is 1.80 bits per heavy atom. The van der Waals surface area contributed by atoms with Crippen LogP contribution >= 0.6 is 0 Å². The first kappa shape index (κ1) is 14.0. The van der Waals surface area contributed by atoms with Crippen LogP contribution in [-0.2, 0) is 4.79 Å². The molecule has 3 heteroatoms. The van der Waals surface area contributed by atoms with E-state index in [9.17, 15) is 9.18 Å². The Kier molecular flexibility index (Phi) is 4.31. The summed E-state index contributed by atoms with van der Waals surface area (Å²) in [5, 5.41) is 2.73. The first-order valence-corrected chi connectivity index (χ1v) is 6.36. The van der Waals surface area contributed by atoms with E-state index in [2.05, 4.69) is 5.32 Å². The summed E-state index contributed by atoms with van der Waals surface area (Å²) >= 11 is 0. The molecule has 0 aliphatic heterocycles. The van der Waals surface area contributed by atoms with Gasteiger partial charge in [0, 0.05) is 11.8 Å². The Balaban J connectivity index is 2.03. The second-order valence-electron chi connectivity index (χ2n) is 4.69. The molecule has 0 saturated heterocycles. The third-order valence-electron chi connectivity index (χ3n) is 2.95. The summed E-state index contributed by atoms with van der Waals surface area (Å²) in [6.45, 7) is 3.76. The van der Waals surface area contributed by atoms with Crippen molar-refractivity contribution in [1.29, 1.82) is 0 Å². The molecule has 1 amide bonds. The van der Waals surface area contributed by atoms with E-state index < -0.39 is 0 Å². The van der Waals surface area contributed by atoms with Crippen molar-refractivity contribution in [2.45, 2.75) is 13.8 Å². The van der Waals surface area contributed by atoms with Crippen molar-refractivity contribution < 1.29 is 9.18 Å². The lowest BCUT2D eigenvalue weighted by Crippen LogP contribution is -2.08. The fourth-order valence-electron chi connectivity index (χ4n) is 1.79. The molecule has 0 aliphatic rings. The molecule has 1 N–H and O–H groups in total. The lowest BCUT2D eigenvalue weighted by Gasteiger charge is -2.05. The Hall–Kier alpha value is -2.42. The normalized spacial score (nSPS) is 10.8. The van der Waals surface area contributed by atoms with Crippen LogP contribution < -0.4 is 5.32 Å². The van der Waals surface area contributed by atoms with Crippen molar-refractivity contribution in [1.82, 2.24) is 0 Å². The fourth-order valence-corrected chi connectivity index (χ4v) is 1.79. The maximum Gasteiger partial charge on any atom is 0.248 e. The number of nitrogens with one attached hydrogen (secondary N) is 1. The summed E-state index contributed by atoms with van der Waals surface area (Å²) in [4.78, 5) is 11.8. The van der Waals surface area contributed by atoms with Gasteiger partial charge >= 0.3 is 0 Å². The van der Waals surface area contributed by atoms with Gasteiger partial charge in [-0.3, -0.25) is 4.79 Å². The third-order valence-corrected chi connectivity index (χ3v) is 2.95. The Morgan fingerprint density at radius 3 is 2.45 bits per heavy atom. The smallest absolute Gasteiger partial charge is 0.248 e. The number of aryl methyl sites for hydroxylation is 2. The van der Waals surface area contributed by atoms with Gasteiger partial charge in [0.2, 0.25) is 5.91 Å². The highest BCUT2D eigenvalue weighted by Crippen LogP contribution is 2.15. The van der Waals surface area contributed by atoms with Crippen LogP contribution in [-0.4, -0.2) is 5.91 Å². The predicted octanol–water partition coefficient (Wildman–Crippen LogP) is 4.09. The molecular weight excluding hydrogens is 253 g/mol. The molecule has 0 fully saturated rings. The molecule has 2 aromatic rings. The summed E-state index contributed by atoms with van der Waals surface area (Å²) in [6.07, 6.45) is 3.21. The lowest BCUT2D eigenvalue weighted by molar-refractivity contribution is -0.111. The van der Waals surface area contributed by atoms with E-state index in [-0.39, 0.29) is 11.7 Å². The van der Waals surface area contributed by atoms with Crippen molar-refractivity contribution >= 4 is 17.7 Å². The van der Waals surface area contributed by atoms with Gasteiger partial charge in [0.25, 0.3) is 0 Å². The maximum absolute atomic E-state index is 13.0. The second kappa shape index (κ2) is 6.15. The van der Waals surface area contributed by atoms with E-state index in [0.29, 0.717) is 11.3 Å². The number of carbonyl (C=O) groups excluding carboxylic acids is 1. The van der Waals surface area contributed by atoms with Gasteiger partial charge in [-0.25, -0.2) is 4.39 Å². The van der Waals surface area contributed by atoms with Gasteiger partial charge in [-0.05, 0) is 49.2 Å². The standard InChI is InChI=1S/C17H16FNO/c1-12-3-5-14(6-4-12)7-10-17(20)19-16-9-8-15(18)11-13(16)2/h3-11H,1-2H3,(H,19,20)/b10-7+. The molecule has 2 nitrogen and oxygen atoms in total. The number of halogens is 1. The average molecular weight is 269 g/mol. The van der Waals surface area contributed by atoms with Crippen LogP contribution in [0.2, 0.25) is 0 Å². The van der Waals surface area contributed by atoms with E-state index in [4.69, 9.17) is 0 Å². The second-order valence-corrected chi connectivity index (χ2v) is 4.69. The fraction of sp³-hybridized carbons (Fsp3) is 0.118. The van der Waals surface area contributed by atoms with Gasteiger partial charge in [-0.15, -0.1) is 0 Å². The van der Waals surface area contributed by atoms with E-state index in [1.54, 1.807) is 19.1 Å². The number of hydrogen-bond acceptors (Lipinski definition) is 1. The van der Waals surface area contributed by atoms with Crippen LogP contribution in [0.25, 0.3) is 6.08 Å². The summed E-state index contributed by atoms with van der Waals surface area (Å²) < 4.78 is 13.0. The minimum absolute atomic E-state index is 0.236. The van der Waals surface area contributed by atoms with Crippen molar-refractivity contribution in [3.05, 3.63) is 71.0 Å². The maximum atomic E-state index is 13.0. The molecule has 0 aliphatic carbocycles. The minimum atomic E-state index is -0.310. The van der Waals surface area contributed by atoms with Gasteiger partial charge in [-0.1, -0.05) is 29.8 Å². The molecule has 102 valence electrons. The first-order valence-electron chi connectivity index (χ1n) is 6.36. The molecule has 0 aromatic heterocycles. The zero-order chi connectivity index (χ0) is 14.5. The molecular formula is C17H16FNO. The molecule has 0 heterocycles. The van der Waals surface area contributed by atoms with Crippen molar-refractivity contribution in [2.75, 3.05) is 5.32 Å². The van der Waals surface area contributed by atoms with Crippen molar-refractivity contribution in [2.24, 2.45) is 0 Å². The van der Waals surface area contributed by atoms with Crippen LogP contribution in [0.4, 0.5) is 10.1 Å². The van der Waals surface area contributed by atoms with Gasteiger partial charge in [0.1, 0.15) is 5.82 Å². The highest BCUT2D eigenvalue weighted by molar-refractivity contribution is 6.02. The third kappa shape index (κ3) is 3.79. The molecule has 0 atom stereocenters. The summed E-state index contributed by atoms with van der Waals surface area (Å²) in [5.74, 6) is -0.545. The molecule has 20 heavy (non-hydrogen) atoms. The molecule has 0 spiro atoms.